The molecule has 0 saturated heterocycles. The summed E-state index contributed by atoms with van der Waals surface area (Å²) in [6.45, 7) is 0.395. The van der Waals surface area contributed by atoms with Gasteiger partial charge in [-0.3, -0.25) is 10.1 Å². The lowest BCUT2D eigenvalue weighted by Crippen LogP contribution is -2.16. The third kappa shape index (κ3) is 5.64. The first-order chi connectivity index (χ1) is 11.6. The van der Waals surface area contributed by atoms with Gasteiger partial charge in [0.15, 0.2) is 0 Å². The summed E-state index contributed by atoms with van der Waals surface area (Å²) in [7, 11) is 3.60. The lowest BCUT2D eigenvalue weighted by Gasteiger charge is -2.15. The molecule has 2 aromatic carbocycles. The molecule has 0 amide bonds. The number of non-ortho nitro benzene ring substituents is 1. The van der Waals surface area contributed by atoms with Crippen LogP contribution < -0.4 is 9.47 Å². The van der Waals surface area contributed by atoms with Gasteiger partial charge in [-0.15, -0.1) is 13.2 Å². The minimum Gasteiger partial charge on any atom is -0.457 e. The van der Waals surface area contributed by atoms with E-state index in [-0.39, 0.29) is 17.2 Å². The predicted octanol–water partition coefficient (Wildman–Crippen LogP) is 4.35. The summed E-state index contributed by atoms with van der Waals surface area (Å²) in [6, 6.07) is 9.05. The molecule has 0 fully saturated rings. The standard InChI is InChI=1S/C16H15F3N2O4/c1-20(2)10-11-9-12(21(22)23)3-8-15(11)24-13-4-6-14(7-5-13)25-16(17,18)19/h3-9H,10H2,1-2H3. The highest BCUT2D eigenvalue weighted by atomic mass is 19.4. The first kappa shape index (κ1) is 18.5. The highest BCUT2D eigenvalue weighted by molar-refractivity contribution is 5.46. The van der Waals surface area contributed by atoms with Crippen molar-refractivity contribution in [2.45, 2.75) is 12.9 Å². The van der Waals surface area contributed by atoms with Crippen LogP contribution in [0.1, 0.15) is 5.56 Å². The van der Waals surface area contributed by atoms with E-state index in [0.29, 0.717) is 17.9 Å². The number of nitro benzene ring substituents is 1. The Balaban J connectivity index is 2.22. The Morgan fingerprint density at radius 1 is 1.08 bits per heavy atom. The topological polar surface area (TPSA) is 64.8 Å². The van der Waals surface area contributed by atoms with E-state index >= 15 is 0 Å². The fourth-order valence-electron chi connectivity index (χ4n) is 2.08. The molecule has 2 aromatic rings. The second kappa shape index (κ2) is 7.39. The van der Waals surface area contributed by atoms with Crippen LogP contribution in [0.4, 0.5) is 18.9 Å². The van der Waals surface area contributed by atoms with Gasteiger partial charge in [-0.2, -0.15) is 0 Å². The molecule has 6 nitrogen and oxygen atoms in total. The molecule has 0 radical (unpaired) electrons. The van der Waals surface area contributed by atoms with E-state index in [1.807, 2.05) is 4.90 Å². The van der Waals surface area contributed by atoms with Crippen LogP contribution in [0.2, 0.25) is 0 Å². The Labute approximate surface area is 141 Å². The number of nitrogens with zero attached hydrogens (tertiary/aromatic N) is 2. The summed E-state index contributed by atoms with van der Waals surface area (Å²) < 4.78 is 45.9. The van der Waals surface area contributed by atoms with Crippen molar-refractivity contribution in [2.75, 3.05) is 14.1 Å². The molecule has 0 heterocycles. The highest BCUT2D eigenvalue weighted by Crippen LogP contribution is 2.31. The summed E-state index contributed by atoms with van der Waals surface area (Å²) >= 11 is 0. The molecule has 0 atom stereocenters. The van der Waals surface area contributed by atoms with Crippen molar-refractivity contribution in [2.24, 2.45) is 0 Å². The third-order valence-electron chi connectivity index (χ3n) is 3.03. The first-order valence-electron chi connectivity index (χ1n) is 7.10. The van der Waals surface area contributed by atoms with E-state index in [0.717, 1.165) is 12.1 Å². The molecular formula is C16H15F3N2O4. The van der Waals surface area contributed by atoms with Crippen LogP contribution in [-0.2, 0) is 6.54 Å². The Hall–Kier alpha value is -2.81. The van der Waals surface area contributed by atoms with Crippen LogP contribution in [0.5, 0.6) is 17.2 Å². The minimum atomic E-state index is -4.76. The van der Waals surface area contributed by atoms with Crippen molar-refractivity contribution in [1.29, 1.82) is 0 Å². The molecule has 134 valence electrons. The van der Waals surface area contributed by atoms with E-state index in [4.69, 9.17) is 4.74 Å². The number of alkyl halides is 3. The molecule has 25 heavy (non-hydrogen) atoms. The van der Waals surface area contributed by atoms with Gasteiger partial charge < -0.3 is 14.4 Å². The second-order valence-corrected chi connectivity index (χ2v) is 5.41. The van der Waals surface area contributed by atoms with Crippen molar-refractivity contribution in [3.05, 3.63) is 58.1 Å². The van der Waals surface area contributed by atoms with E-state index in [1.165, 1.54) is 30.3 Å². The zero-order valence-corrected chi connectivity index (χ0v) is 13.4. The van der Waals surface area contributed by atoms with E-state index in [1.54, 1.807) is 14.1 Å². The quantitative estimate of drug-likeness (QED) is 0.569. The number of halogens is 3. The molecule has 9 heteroatoms. The maximum atomic E-state index is 12.2. The summed E-state index contributed by atoms with van der Waals surface area (Å²) in [5.41, 5.74) is 0.507. The van der Waals surface area contributed by atoms with Gasteiger partial charge in [0.05, 0.1) is 4.92 Å². The van der Waals surface area contributed by atoms with Crippen molar-refractivity contribution < 1.29 is 27.6 Å². The van der Waals surface area contributed by atoms with Gasteiger partial charge in [0.25, 0.3) is 5.69 Å². The van der Waals surface area contributed by atoms with E-state index in [2.05, 4.69) is 4.74 Å². The number of nitro groups is 1. The first-order valence-corrected chi connectivity index (χ1v) is 7.10. The predicted molar refractivity (Wildman–Crippen MR) is 83.7 cm³/mol. The average Bonchev–Trinajstić information content (AvgIpc) is 2.48. The van der Waals surface area contributed by atoms with Crippen LogP contribution in [-0.4, -0.2) is 30.3 Å². The molecule has 0 aliphatic carbocycles. The Morgan fingerprint density at radius 3 is 2.20 bits per heavy atom. The number of benzene rings is 2. The zero-order valence-electron chi connectivity index (χ0n) is 13.4. The van der Waals surface area contributed by atoms with E-state index in [9.17, 15) is 23.3 Å². The second-order valence-electron chi connectivity index (χ2n) is 5.41. The van der Waals surface area contributed by atoms with Crippen LogP contribution in [0, 0.1) is 10.1 Å². The maximum Gasteiger partial charge on any atom is 0.573 e. The van der Waals surface area contributed by atoms with Gasteiger partial charge in [0, 0.05) is 24.2 Å². The van der Waals surface area contributed by atoms with Gasteiger partial charge >= 0.3 is 6.36 Å². The fraction of sp³-hybridized carbons (Fsp3) is 0.250. The monoisotopic (exact) mass is 356 g/mol. The Kier molecular flexibility index (Phi) is 5.48. The van der Waals surface area contributed by atoms with Gasteiger partial charge in [0.1, 0.15) is 17.2 Å². The largest absolute Gasteiger partial charge is 0.573 e. The molecule has 0 N–H and O–H groups in total. The third-order valence-corrected chi connectivity index (χ3v) is 3.03. The van der Waals surface area contributed by atoms with Crippen molar-refractivity contribution in [3.63, 3.8) is 0 Å². The maximum absolute atomic E-state index is 12.2. The van der Waals surface area contributed by atoms with Crippen LogP contribution >= 0.6 is 0 Å². The lowest BCUT2D eigenvalue weighted by atomic mass is 10.1. The molecule has 0 saturated carbocycles. The summed E-state index contributed by atoms with van der Waals surface area (Å²) in [4.78, 5) is 12.2. The summed E-state index contributed by atoms with van der Waals surface area (Å²) in [6.07, 6.45) is -4.76. The molecule has 0 aliphatic heterocycles. The highest BCUT2D eigenvalue weighted by Gasteiger charge is 2.31. The molecule has 0 aliphatic rings. The van der Waals surface area contributed by atoms with Gasteiger partial charge in [-0.05, 0) is 44.4 Å². The van der Waals surface area contributed by atoms with Crippen LogP contribution in [0.3, 0.4) is 0 Å². The molecule has 0 unspecified atom stereocenters. The number of hydrogen-bond acceptors (Lipinski definition) is 5. The van der Waals surface area contributed by atoms with Crippen LogP contribution in [0.25, 0.3) is 0 Å². The molecule has 0 spiro atoms. The van der Waals surface area contributed by atoms with Crippen molar-refractivity contribution in [1.82, 2.24) is 4.90 Å². The van der Waals surface area contributed by atoms with Crippen molar-refractivity contribution >= 4 is 5.69 Å². The van der Waals surface area contributed by atoms with Gasteiger partial charge in [0.2, 0.25) is 0 Å². The molecule has 2 rings (SSSR count). The van der Waals surface area contributed by atoms with Crippen LogP contribution in [0.15, 0.2) is 42.5 Å². The average molecular weight is 356 g/mol. The van der Waals surface area contributed by atoms with Crippen molar-refractivity contribution in [3.8, 4) is 17.2 Å². The molecular weight excluding hydrogens is 341 g/mol. The number of ether oxygens (including phenoxy) is 2. The molecule has 0 bridgehead atoms. The Morgan fingerprint density at radius 2 is 1.68 bits per heavy atom. The SMILES string of the molecule is CN(C)Cc1cc([N+](=O)[O-])ccc1Oc1ccc(OC(F)(F)F)cc1. The van der Waals surface area contributed by atoms with E-state index < -0.39 is 11.3 Å². The number of rotatable bonds is 6. The minimum absolute atomic E-state index is 0.0712. The smallest absolute Gasteiger partial charge is 0.457 e. The lowest BCUT2D eigenvalue weighted by molar-refractivity contribution is -0.384. The number of hydrogen-bond donors (Lipinski definition) is 0. The van der Waals surface area contributed by atoms with Gasteiger partial charge in [-0.1, -0.05) is 0 Å². The van der Waals surface area contributed by atoms with Gasteiger partial charge in [-0.25, -0.2) is 0 Å². The molecule has 0 aromatic heterocycles. The summed E-state index contributed by atoms with van der Waals surface area (Å²) in [5.74, 6) is 0.296. The fourth-order valence-corrected chi connectivity index (χ4v) is 2.08. The normalized spacial score (nSPS) is 11.4. The summed E-state index contributed by atoms with van der Waals surface area (Å²) in [5, 5.41) is 10.9. The zero-order chi connectivity index (χ0) is 18.6. The Bertz CT molecular complexity index is 746.